The number of carbonyl (C=O) groups is 1. The monoisotopic (exact) mass is 378 g/mol. The van der Waals surface area contributed by atoms with Crippen molar-refractivity contribution < 1.29 is 19.4 Å². The molecule has 4 rings (SSSR count). The van der Waals surface area contributed by atoms with Gasteiger partial charge in [-0.3, -0.25) is 4.79 Å². The van der Waals surface area contributed by atoms with Gasteiger partial charge in [-0.1, -0.05) is 6.07 Å². The molecule has 0 atom stereocenters. The van der Waals surface area contributed by atoms with Gasteiger partial charge in [-0.15, -0.1) is 0 Å². The average Bonchev–Trinajstić information content (AvgIpc) is 3.12. The highest BCUT2D eigenvalue weighted by Crippen LogP contribution is 2.40. The molecule has 6 heteroatoms. The number of aromatic nitrogens is 1. The Kier molecular flexibility index (Phi) is 4.55. The molecule has 1 N–H and O–H groups in total. The number of rotatable bonds is 4. The zero-order chi connectivity index (χ0) is 19.8. The van der Waals surface area contributed by atoms with E-state index < -0.39 is 0 Å². The lowest BCUT2D eigenvalue weighted by Gasteiger charge is -2.17. The van der Waals surface area contributed by atoms with E-state index in [1.54, 1.807) is 12.1 Å². The molecule has 0 saturated carbocycles. The first-order valence-electron chi connectivity index (χ1n) is 9.19. The maximum atomic E-state index is 12.1. The molecule has 0 unspecified atom stereocenters. The number of aryl methyl sites for hydroxylation is 1. The number of pyridine rings is 1. The van der Waals surface area contributed by atoms with Crippen molar-refractivity contribution in [2.24, 2.45) is 0 Å². The Labute approximate surface area is 163 Å². The third-order valence-electron chi connectivity index (χ3n) is 5.14. The molecule has 0 spiro atoms. The summed E-state index contributed by atoms with van der Waals surface area (Å²) in [4.78, 5) is 18.7. The molecule has 3 aromatic rings. The van der Waals surface area contributed by atoms with Crippen molar-refractivity contribution in [3.05, 3.63) is 42.0 Å². The number of phenolic OH excluding ortho intramolecular Hbond substituents is 1. The van der Waals surface area contributed by atoms with Crippen molar-refractivity contribution in [1.29, 1.82) is 0 Å². The van der Waals surface area contributed by atoms with Gasteiger partial charge >= 0.3 is 0 Å². The molecule has 2 heterocycles. The summed E-state index contributed by atoms with van der Waals surface area (Å²) < 4.78 is 10.5. The van der Waals surface area contributed by atoms with Crippen LogP contribution in [0.3, 0.4) is 0 Å². The quantitative estimate of drug-likeness (QED) is 0.741. The standard InChI is InChI=1S/C22H22N2O4/c1-13-9-17(14-10-19(25)22(28-3)20(11-14)27-2)23-18-12-15(6-7-16(13)18)24-8-4-5-21(24)26/h6-7,9-12,25H,4-5,8H2,1-3H3. The Morgan fingerprint density at radius 1 is 1.11 bits per heavy atom. The summed E-state index contributed by atoms with van der Waals surface area (Å²) in [7, 11) is 3.01. The van der Waals surface area contributed by atoms with E-state index in [1.807, 2.05) is 36.1 Å². The fourth-order valence-electron chi connectivity index (χ4n) is 3.72. The normalized spacial score (nSPS) is 14.0. The number of anilines is 1. The van der Waals surface area contributed by atoms with Gasteiger partial charge in [0.05, 0.1) is 25.4 Å². The van der Waals surface area contributed by atoms with Crippen molar-refractivity contribution in [1.82, 2.24) is 4.98 Å². The molecule has 2 aromatic carbocycles. The van der Waals surface area contributed by atoms with Crippen LogP contribution in [-0.4, -0.2) is 36.8 Å². The third-order valence-corrected chi connectivity index (χ3v) is 5.14. The highest BCUT2D eigenvalue weighted by Gasteiger charge is 2.22. The highest BCUT2D eigenvalue weighted by molar-refractivity contribution is 5.98. The Morgan fingerprint density at radius 2 is 1.93 bits per heavy atom. The van der Waals surface area contributed by atoms with Crippen LogP contribution in [0.15, 0.2) is 36.4 Å². The predicted molar refractivity (Wildman–Crippen MR) is 108 cm³/mol. The van der Waals surface area contributed by atoms with Crippen molar-refractivity contribution in [2.75, 3.05) is 25.7 Å². The zero-order valence-corrected chi connectivity index (χ0v) is 16.2. The topological polar surface area (TPSA) is 71.9 Å². The number of fused-ring (bicyclic) bond motifs is 1. The van der Waals surface area contributed by atoms with Crippen LogP contribution in [0.2, 0.25) is 0 Å². The molecule has 1 aliphatic rings. The summed E-state index contributed by atoms with van der Waals surface area (Å²) >= 11 is 0. The molecule has 144 valence electrons. The van der Waals surface area contributed by atoms with E-state index in [0.29, 0.717) is 23.6 Å². The number of hydrogen-bond acceptors (Lipinski definition) is 5. The Bertz CT molecular complexity index is 1080. The Hall–Kier alpha value is -3.28. The van der Waals surface area contributed by atoms with Gasteiger partial charge < -0.3 is 19.5 Å². The van der Waals surface area contributed by atoms with E-state index in [1.165, 1.54) is 14.2 Å². The van der Waals surface area contributed by atoms with Crippen LogP contribution in [0.5, 0.6) is 17.2 Å². The molecule has 1 aliphatic heterocycles. The first-order chi connectivity index (χ1) is 13.5. The second-order valence-electron chi connectivity index (χ2n) is 6.91. The van der Waals surface area contributed by atoms with E-state index in [2.05, 4.69) is 0 Å². The average molecular weight is 378 g/mol. The number of benzene rings is 2. The summed E-state index contributed by atoms with van der Waals surface area (Å²) in [6, 6.07) is 11.3. The third kappa shape index (κ3) is 3.01. The number of methoxy groups -OCH3 is 2. The molecule has 1 saturated heterocycles. The maximum absolute atomic E-state index is 12.1. The molecule has 28 heavy (non-hydrogen) atoms. The lowest BCUT2D eigenvalue weighted by molar-refractivity contribution is -0.117. The summed E-state index contributed by atoms with van der Waals surface area (Å²) in [5.74, 6) is 0.872. The van der Waals surface area contributed by atoms with Gasteiger partial charge in [0.2, 0.25) is 11.7 Å². The van der Waals surface area contributed by atoms with E-state index >= 15 is 0 Å². The van der Waals surface area contributed by atoms with Crippen molar-refractivity contribution in [3.63, 3.8) is 0 Å². The smallest absolute Gasteiger partial charge is 0.227 e. The minimum Gasteiger partial charge on any atom is -0.504 e. The highest BCUT2D eigenvalue weighted by atomic mass is 16.5. The molecule has 1 fully saturated rings. The molecular weight excluding hydrogens is 356 g/mol. The van der Waals surface area contributed by atoms with Crippen LogP contribution in [-0.2, 0) is 4.79 Å². The van der Waals surface area contributed by atoms with Gasteiger partial charge in [0.1, 0.15) is 0 Å². The second kappa shape index (κ2) is 7.03. The van der Waals surface area contributed by atoms with Crippen molar-refractivity contribution in [2.45, 2.75) is 19.8 Å². The number of aromatic hydroxyl groups is 1. The number of ether oxygens (including phenoxy) is 2. The van der Waals surface area contributed by atoms with Gasteiger partial charge in [-0.25, -0.2) is 4.98 Å². The number of nitrogens with zero attached hydrogens (tertiary/aromatic N) is 2. The van der Waals surface area contributed by atoms with Crippen molar-refractivity contribution >= 4 is 22.5 Å². The summed E-state index contributed by atoms with van der Waals surface area (Å²) in [5, 5.41) is 11.3. The van der Waals surface area contributed by atoms with Gasteiger partial charge in [-0.05, 0) is 49.2 Å². The second-order valence-corrected chi connectivity index (χ2v) is 6.91. The number of carbonyl (C=O) groups excluding carboxylic acids is 1. The molecule has 6 nitrogen and oxygen atoms in total. The molecule has 0 aliphatic carbocycles. The SMILES string of the molecule is COc1cc(-c2cc(C)c3ccc(N4CCCC4=O)cc3n2)cc(O)c1OC. The zero-order valence-electron chi connectivity index (χ0n) is 16.2. The van der Waals surface area contributed by atoms with Gasteiger partial charge in [0.25, 0.3) is 0 Å². The fraction of sp³-hybridized carbons (Fsp3) is 0.273. The maximum Gasteiger partial charge on any atom is 0.227 e. The predicted octanol–water partition coefficient (Wildman–Crippen LogP) is 4.06. The molecule has 1 aromatic heterocycles. The lowest BCUT2D eigenvalue weighted by Crippen LogP contribution is -2.23. The first kappa shape index (κ1) is 18.1. The van der Waals surface area contributed by atoms with Gasteiger partial charge in [0, 0.05) is 29.6 Å². The number of hydrogen-bond donors (Lipinski definition) is 1. The van der Waals surface area contributed by atoms with Crippen LogP contribution in [0.1, 0.15) is 18.4 Å². The fourth-order valence-corrected chi connectivity index (χ4v) is 3.72. The van der Waals surface area contributed by atoms with Crippen molar-refractivity contribution in [3.8, 4) is 28.5 Å². The van der Waals surface area contributed by atoms with Crippen LogP contribution in [0.4, 0.5) is 5.69 Å². The van der Waals surface area contributed by atoms with E-state index in [-0.39, 0.29) is 11.7 Å². The molecule has 0 bridgehead atoms. The minimum atomic E-state index is -0.00665. The Morgan fingerprint density at radius 3 is 2.61 bits per heavy atom. The largest absolute Gasteiger partial charge is 0.504 e. The van der Waals surface area contributed by atoms with Gasteiger partial charge in [0.15, 0.2) is 11.5 Å². The molecule has 1 amide bonds. The van der Waals surface area contributed by atoms with Crippen LogP contribution < -0.4 is 14.4 Å². The van der Waals surface area contributed by atoms with E-state index in [9.17, 15) is 9.90 Å². The van der Waals surface area contributed by atoms with E-state index in [4.69, 9.17) is 14.5 Å². The Balaban J connectivity index is 1.84. The number of amides is 1. The minimum absolute atomic E-state index is 0.00665. The summed E-state index contributed by atoms with van der Waals surface area (Å²) in [6.07, 6.45) is 1.48. The van der Waals surface area contributed by atoms with Gasteiger partial charge in [-0.2, -0.15) is 0 Å². The van der Waals surface area contributed by atoms with E-state index in [0.717, 1.165) is 40.7 Å². The van der Waals surface area contributed by atoms with Crippen LogP contribution >= 0.6 is 0 Å². The number of phenols is 1. The molecular formula is C22H22N2O4. The lowest BCUT2D eigenvalue weighted by atomic mass is 10.0. The summed E-state index contributed by atoms with van der Waals surface area (Å²) in [6.45, 7) is 2.77. The molecule has 0 radical (unpaired) electrons. The first-order valence-corrected chi connectivity index (χ1v) is 9.19. The summed E-state index contributed by atoms with van der Waals surface area (Å²) in [5.41, 5.74) is 4.18. The van der Waals surface area contributed by atoms with Crippen LogP contribution in [0, 0.1) is 6.92 Å². The van der Waals surface area contributed by atoms with Crippen LogP contribution in [0.25, 0.3) is 22.2 Å².